The summed E-state index contributed by atoms with van der Waals surface area (Å²) in [6, 6.07) is 0. The van der Waals surface area contributed by atoms with Gasteiger partial charge in [-0.2, -0.15) is 0 Å². The Bertz CT molecular complexity index is 166. The number of rotatable bonds is 6. The van der Waals surface area contributed by atoms with Crippen molar-refractivity contribution in [3.05, 3.63) is 0 Å². The molecule has 0 saturated heterocycles. The number of hydrogen-bond donors (Lipinski definition) is 0. The first-order chi connectivity index (χ1) is 5.81. The summed E-state index contributed by atoms with van der Waals surface area (Å²) in [5.41, 5.74) is 0. The Morgan fingerprint density at radius 3 is 2.92 bits per heavy atom. The zero-order valence-corrected chi connectivity index (χ0v) is 7.16. The molecular weight excluding hydrogens is 158 g/mol. The van der Waals surface area contributed by atoms with E-state index in [0.29, 0.717) is 25.8 Å². The van der Waals surface area contributed by atoms with Crippen LogP contribution in [0.5, 0.6) is 0 Å². The summed E-state index contributed by atoms with van der Waals surface area (Å²) in [6.45, 7) is 0.572. The van der Waals surface area contributed by atoms with Crippen molar-refractivity contribution in [2.75, 3.05) is 13.7 Å². The first-order valence-electron chi connectivity index (χ1n) is 3.80. The highest BCUT2D eigenvalue weighted by atomic mass is 16.5. The summed E-state index contributed by atoms with van der Waals surface area (Å²) in [6.07, 6.45) is 3.73. The second kappa shape index (κ2) is 7.91. The van der Waals surface area contributed by atoms with Crippen molar-refractivity contribution in [3.63, 3.8) is 0 Å². The number of aldehydes is 1. The molecule has 0 N–H and O–H groups in total. The number of aliphatic imine (C=N–C) groups is 1. The third kappa shape index (κ3) is 6.92. The number of methoxy groups -OCH3 is 1. The van der Waals surface area contributed by atoms with Crippen LogP contribution in [0.25, 0.3) is 0 Å². The van der Waals surface area contributed by atoms with Crippen LogP contribution < -0.4 is 0 Å². The van der Waals surface area contributed by atoms with Crippen LogP contribution in [0, 0.1) is 0 Å². The van der Waals surface area contributed by atoms with Crippen LogP contribution in [-0.2, 0) is 14.3 Å². The summed E-state index contributed by atoms with van der Waals surface area (Å²) >= 11 is 0. The largest absolute Gasteiger partial charge is 0.469 e. The number of hydrogen-bond acceptors (Lipinski definition) is 4. The molecule has 12 heavy (non-hydrogen) atoms. The van der Waals surface area contributed by atoms with Gasteiger partial charge in [0.1, 0.15) is 6.29 Å². The van der Waals surface area contributed by atoms with Gasteiger partial charge in [0.25, 0.3) is 0 Å². The van der Waals surface area contributed by atoms with Gasteiger partial charge in [0.2, 0.25) is 0 Å². The Hall–Kier alpha value is -1.19. The van der Waals surface area contributed by atoms with Gasteiger partial charge in [-0.15, -0.1) is 0 Å². The second-order valence-corrected chi connectivity index (χ2v) is 2.17. The molecule has 0 spiro atoms. The van der Waals surface area contributed by atoms with Crippen molar-refractivity contribution in [1.82, 2.24) is 0 Å². The van der Waals surface area contributed by atoms with E-state index in [0.717, 1.165) is 6.29 Å². The molecule has 0 aliphatic rings. The highest BCUT2D eigenvalue weighted by Crippen LogP contribution is 1.91. The van der Waals surface area contributed by atoms with Gasteiger partial charge in [-0.3, -0.25) is 9.79 Å². The first kappa shape index (κ1) is 10.8. The molecule has 0 unspecified atom stereocenters. The van der Waals surface area contributed by atoms with E-state index in [-0.39, 0.29) is 5.97 Å². The number of esters is 1. The van der Waals surface area contributed by atoms with Crippen molar-refractivity contribution in [1.29, 1.82) is 0 Å². The van der Waals surface area contributed by atoms with Crippen molar-refractivity contribution in [3.8, 4) is 0 Å². The quantitative estimate of drug-likeness (QED) is 0.254. The van der Waals surface area contributed by atoms with Crippen LogP contribution >= 0.6 is 0 Å². The van der Waals surface area contributed by atoms with E-state index < -0.39 is 0 Å². The van der Waals surface area contributed by atoms with E-state index in [9.17, 15) is 9.59 Å². The predicted molar refractivity (Wildman–Crippen MR) is 45.3 cm³/mol. The van der Waals surface area contributed by atoms with Gasteiger partial charge in [0, 0.05) is 25.6 Å². The minimum absolute atomic E-state index is 0.222. The topological polar surface area (TPSA) is 55.7 Å². The van der Waals surface area contributed by atoms with Crippen LogP contribution in [-0.4, -0.2) is 32.1 Å². The lowest BCUT2D eigenvalue weighted by Gasteiger charge is -1.94. The predicted octanol–water partition coefficient (Wildman–Crippen LogP) is 0.599. The molecule has 4 nitrogen and oxygen atoms in total. The summed E-state index contributed by atoms with van der Waals surface area (Å²) in [5, 5.41) is 0. The second-order valence-electron chi connectivity index (χ2n) is 2.17. The molecule has 0 fully saturated rings. The summed E-state index contributed by atoms with van der Waals surface area (Å²) in [4.78, 5) is 24.3. The Morgan fingerprint density at radius 1 is 1.58 bits per heavy atom. The molecule has 0 atom stereocenters. The lowest BCUT2D eigenvalue weighted by atomic mass is 10.3. The molecule has 0 aliphatic heterocycles. The number of nitrogens with zero attached hydrogens (tertiary/aromatic N) is 1. The monoisotopic (exact) mass is 171 g/mol. The summed E-state index contributed by atoms with van der Waals surface area (Å²) in [5.74, 6) is -0.222. The maximum atomic E-state index is 10.6. The average molecular weight is 171 g/mol. The molecule has 0 radical (unpaired) electrons. The lowest BCUT2D eigenvalue weighted by Crippen LogP contribution is -2.00. The number of carbonyl (C=O) groups excluding carboxylic acids is 2. The van der Waals surface area contributed by atoms with E-state index >= 15 is 0 Å². The van der Waals surface area contributed by atoms with Gasteiger partial charge < -0.3 is 9.53 Å². The normalized spacial score (nSPS) is 10.1. The van der Waals surface area contributed by atoms with Crippen molar-refractivity contribution < 1.29 is 14.3 Å². The smallest absolute Gasteiger partial charge is 0.305 e. The molecule has 0 rings (SSSR count). The van der Waals surface area contributed by atoms with Crippen molar-refractivity contribution >= 4 is 18.5 Å². The Balaban J connectivity index is 3.20. The Kier molecular flexibility index (Phi) is 7.13. The van der Waals surface area contributed by atoms with Gasteiger partial charge in [-0.25, -0.2) is 0 Å². The van der Waals surface area contributed by atoms with Gasteiger partial charge in [0.15, 0.2) is 0 Å². The fraction of sp³-hybridized carbons (Fsp3) is 0.625. The minimum Gasteiger partial charge on any atom is -0.469 e. The number of ether oxygens (including phenoxy) is 1. The van der Waals surface area contributed by atoms with Crippen LogP contribution in [0.1, 0.15) is 19.3 Å². The first-order valence-corrected chi connectivity index (χ1v) is 3.80. The maximum Gasteiger partial charge on any atom is 0.305 e. The zero-order chi connectivity index (χ0) is 9.23. The van der Waals surface area contributed by atoms with E-state index in [1.807, 2.05) is 0 Å². The van der Waals surface area contributed by atoms with Crippen LogP contribution in [0.2, 0.25) is 0 Å². The van der Waals surface area contributed by atoms with Gasteiger partial charge >= 0.3 is 5.97 Å². The highest BCUT2D eigenvalue weighted by Gasteiger charge is 1.96. The van der Waals surface area contributed by atoms with E-state index in [1.54, 1.807) is 6.21 Å². The molecule has 0 bridgehead atoms. The van der Waals surface area contributed by atoms with Crippen LogP contribution in [0.4, 0.5) is 0 Å². The summed E-state index contributed by atoms with van der Waals surface area (Å²) < 4.78 is 4.43. The Labute approximate surface area is 71.6 Å². The van der Waals surface area contributed by atoms with Crippen molar-refractivity contribution in [2.45, 2.75) is 19.3 Å². The molecule has 0 aromatic carbocycles. The molecule has 0 heterocycles. The molecule has 68 valence electrons. The average Bonchev–Trinajstić information content (AvgIpc) is 2.10. The fourth-order valence-electron chi connectivity index (χ4n) is 0.626. The third-order valence-corrected chi connectivity index (χ3v) is 1.23. The standard InChI is InChI=1S/C8H13NO3/c1-12-8(11)4-2-5-9-6-3-7-10/h6-7H,2-5H2,1H3. The van der Waals surface area contributed by atoms with E-state index in [4.69, 9.17) is 0 Å². The SMILES string of the molecule is COC(=O)CCCN=CCC=O. The molecule has 0 saturated carbocycles. The Morgan fingerprint density at radius 2 is 2.33 bits per heavy atom. The third-order valence-electron chi connectivity index (χ3n) is 1.23. The van der Waals surface area contributed by atoms with Crippen LogP contribution in [0.15, 0.2) is 4.99 Å². The molecule has 0 amide bonds. The maximum absolute atomic E-state index is 10.6. The zero-order valence-electron chi connectivity index (χ0n) is 7.16. The molecule has 0 aromatic rings. The number of carbonyl (C=O) groups is 2. The minimum atomic E-state index is -0.222. The van der Waals surface area contributed by atoms with E-state index in [2.05, 4.69) is 9.73 Å². The highest BCUT2D eigenvalue weighted by molar-refractivity contribution is 5.76. The van der Waals surface area contributed by atoms with Gasteiger partial charge in [0.05, 0.1) is 7.11 Å². The van der Waals surface area contributed by atoms with E-state index in [1.165, 1.54) is 7.11 Å². The lowest BCUT2D eigenvalue weighted by molar-refractivity contribution is -0.140. The molecular formula is C8H13NO3. The summed E-state index contributed by atoms with van der Waals surface area (Å²) in [7, 11) is 1.36. The molecule has 0 aromatic heterocycles. The molecule has 0 aliphatic carbocycles. The van der Waals surface area contributed by atoms with Crippen LogP contribution in [0.3, 0.4) is 0 Å². The van der Waals surface area contributed by atoms with Gasteiger partial charge in [-0.1, -0.05) is 0 Å². The van der Waals surface area contributed by atoms with Crippen molar-refractivity contribution in [2.24, 2.45) is 4.99 Å². The fourth-order valence-corrected chi connectivity index (χ4v) is 0.626. The van der Waals surface area contributed by atoms with Gasteiger partial charge in [-0.05, 0) is 6.42 Å². The molecule has 4 heteroatoms.